The Morgan fingerprint density at radius 1 is 0.931 bits per heavy atom. The normalized spacial score (nSPS) is 13.8. The zero-order valence-electron chi connectivity index (χ0n) is 15.4. The zero-order valence-corrected chi connectivity index (χ0v) is 17.0. The van der Waals surface area contributed by atoms with Gasteiger partial charge in [0.2, 0.25) is 20.0 Å². The Morgan fingerprint density at radius 3 is 2.03 bits per heavy atom. The molecule has 0 amide bonds. The van der Waals surface area contributed by atoms with Gasteiger partial charge in [-0.2, -0.15) is 8.78 Å². The molecule has 0 radical (unpaired) electrons. The minimum absolute atomic E-state index is 0.105. The molecule has 1 unspecified atom stereocenters. The van der Waals surface area contributed by atoms with Gasteiger partial charge in [0.1, 0.15) is 5.82 Å². The fourth-order valence-corrected chi connectivity index (χ4v) is 4.77. The predicted molar refractivity (Wildman–Crippen MR) is 102 cm³/mol. The minimum atomic E-state index is -4.12. The van der Waals surface area contributed by atoms with E-state index >= 15 is 0 Å². The van der Waals surface area contributed by atoms with Crippen molar-refractivity contribution in [1.29, 1.82) is 0 Å². The van der Waals surface area contributed by atoms with E-state index in [1.807, 2.05) is 0 Å². The summed E-state index contributed by atoms with van der Waals surface area (Å²) in [7, 11) is -6.60. The number of aromatic nitrogens is 2. The van der Waals surface area contributed by atoms with E-state index in [4.69, 9.17) is 0 Å². The molecule has 0 fully saturated rings. The van der Waals surface area contributed by atoms with Crippen LogP contribution in [0.5, 0.6) is 0 Å². The van der Waals surface area contributed by atoms with Gasteiger partial charge in [0.15, 0.2) is 0 Å². The molecule has 1 aromatic heterocycles. The second-order valence-electron chi connectivity index (χ2n) is 6.13. The number of alkyl halides is 2. The van der Waals surface area contributed by atoms with E-state index in [2.05, 4.69) is 14.4 Å². The molecule has 3 aromatic rings. The summed E-state index contributed by atoms with van der Waals surface area (Å²) in [4.78, 5) is 3.82. The lowest BCUT2D eigenvalue weighted by Gasteiger charge is -2.16. The SMILES string of the molecule is CNS(=O)(=O)c1ccc(S(=O)(=O)NC(C)c2nc3ccccc3n2C(F)F)cc1. The highest BCUT2D eigenvalue weighted by atomic mass is 32.2. The van der Waals surface area contributed by atoms with E-state index in [9.17, 15) is 25.6 Å². The van der Waals surface area contributed by atoms with Gasteiger partial charge in [-0.25, -0.2) is 31.3 Å². The molecule has 1 atom stereocenters. The first kappa shape index (κ1) is 21.3. The maximum atomic E-state index is 13.6. The number of hydrogen-bond acceptors (Lipinski definition) is 5. The highest BCUT2D eigenvalue weighted by molar-refractivity contribution is 7.90. The third-order valence-electron chi connectivity index (χ3n) is 4.25. The molecule has 0 bridgehead atoms. The number of benzene rings is 2. The van der Waals surface area contributed by atoms with Crippen LogP contribution in [0.25, 0.3) is 11.0 Å². The number of nitrogens with zero attached hydrogens (tertiary/aromatic N) is 2. The molecule has 12 heteroatoms. The van der Waals surface area contributed by atoms with Crippen molar-refractivity contribution in [3.05, 3.63) is 54.4 Å². The maximum absolute atomic E-state index is 13.6. The topological polar surface area (TPSA) is 110 Å². The van der Waals surface area contributed by atoms with Gasteiger partial charge >= 0.3 is 6.55 Å². The summed E-state index contributed by atoms with van der Waals surface area (Å²) in [6, 6.07) is 9.71. The average molecular weight is 444 g/mol. The molecular formula is C17H18F2N4O4S2. The van der Waals surface area contributed by atoms with E-state index in [0.29, 0.717) is 10.1 Å². The molecule has 0 spiro atoms. The van der Waals surface area contributed by atoms with Crippen LogP contribution in [0.15, 0.2) is 58.3 Å². The molecule has 0 aliphatic heterocycles. The standard InChI is InChI=1S/C17H18F2N4O4S2/c1-11(16-21-14-5-3-4-6-15(14)23(16)17(18)19)22-29(26,27)13-9-7-12(8-10-13)28(24,25)20-2/h3-11,17,20,22H,1-2H3. The van der Waals surface area contributed by atoms with E-state index in [1.54, 1.807) is 18.2 Å². The third kappa shape index (κ3) is 4.15. The van der Waals surface area contributed by atoms with Crippen LogP contribution in [0, 0.1) is 0 Å². The lowest BCUT2D eigenvalue weighted by atomic mass is 10.3. The van der Waals surface area contributed by atoms with Crippen molar-refractivity contribution in [2.24, 2.45) is 0 Å². The highest BCUT2D eigenvalue weighted by Crippen LogP contribution is 2.27. The summed E-state index contributed by atoms with van der Waals surface area (Å²) in [6.45, 7) is -1.51. The summed E-state index contributed by atoms with van der Waals surface area (Å²) < 4.78 is 81.1. The van der Waals surface area contributed by atoms with Crippen molar-refractivity contribution in [2.75, 3.05) is 7.05 Å². The molecule has 0 saturated heterocycles. The van der Waals surface area contributed by atoms with Crippen molar-refractivity contribution in [2.45, 2.75) is 29.3 Å². The zero-order chi connectivity index (χ0) is 21.4. The summed E-state index contributed by atoms with van der Waals surface area (Å²) in [6.07, 6.45) is 0. The summed E-state index contributed by atoms with van der Waals surface area (Å²) in [5.74, 6) is -0.140. The molecule has 3 rings (SSSR count). The first-order valence-corrected chi connectivity index (χ1v) is 11.3. The molecule has 8 nitrogen and oxygen atoms in total. The summed E-state index contributed by atoms with van der Waals surface area (Å²) >= 11 is 0. The second kappa shape index (κ2) is 7.78. The van der Waals surface area contributed by atoms with Gasteiger partial charge in [0, 0.05) is 0 Å². The lowest BCUT2D eigenvalue weighted by molar-refractivity contribution is 0.0702. The number of sulfonamides is 2. The Bertz CT molecular complexity index is 1240. The van der Waals surface area contributed by atoms with Crippen molar-refractivity contribution < 1.29 is 25.6 Å². The molecular weight excluding hydrogens is 426 g/mol. The molecule has 2 N–H and O–H groups in total. The fraction of sp³-hybridized carbons (Fsp3) is 0.235. The van der Waals surface area contributed by atoms with Gasteiger partial charge in [-0.1, -0.05) is 12.1 Å². The summed E-state index contributed by atoms with van der Waals surface area (Å²) in [5, 5.41) is 0. The number of para-hydroxylation sites is 2. The number of rotatable bonds is 7. The average Bonchev–Trinajstić information content (AvgIpc) is 3.08. The number of halogens is 2. The van der Waals surface area contributed by atoms with Gasteiger partial charge in [0.05, 0.1) is 26.9 Å². The predicted octanol–water partition coefficient (Wildman–Crippen LogP) is 2.38. The smallest absolute Gasteiger partial charge is 0.269 e. The Hall–Kier alpha value is -2.41. The van der Waals surface area contributed by atoms with Crippen LogP contribution < -0.4 is 9.44 Å². The van der Waals surface area contributed by atoms with Crippen LogP contribution in [0.3, 0.4) is 0 Å². The molecule has 156 valence electrons. The van der Waals surface area contributed by atoms with E-state index < -0.39 is 32.6 Å². The van der Waals surface area contributed by atoms with Crippen molar-refractivity contribution in [3.63, 3.8) is 0 Å². The first-order valence-electron chi connectivity index (χ1n) is 8.38. The fourth-order valence-electron chi connectivity index (χ4n) is 2.84. The number of imidazole rings is 1. The van der Waals surface area contributed by atoms with Crippen molar-refractivity contribution in [3.8, 4) is 0 Å². The maximum Gasteiger partial charge on any atom is 0.320 e. The minimum Gasteiger partial charge on any atom is -0.269 e. The largest absolute Gasteiger partial charge is 0.320 e. The Kier molecular flexibility index (Phi) is 5.72. The lowest BCUT2D eigenvalue weighted by Crippen LogP contribution is -2.29. The van der Waals surface area contributed by atoms with Gasteiger partial charge in [-0.3, -0.25) is 4.57 Å². The number of fused-ring (bicyclic) bond motifs is 1. The van der Waals surface area contributed by atoms with Gasteiger partial charge in [0.25, 0.3) is 0 Å². The molecule has 2 aromatic carbocycles. The van der Waals surface area contributed by atoms with Crippen LogP contribution in [-0.4, -0.2) is 33.4 Å². The highest BCUT2D eigenvalue weighted by Gasteiger charge is 2.26. The Morgan fingerprint density at radius 2 is 1.48 bits per heavy atom. The molecule has 0 aliphatic rings. The molecule has 29 heavy (non-hydrogen) atoms. The molecule has 0 saturated carbocycles. The monoisotopic (exact) mass is 444 g/mol. The Labute approximate surface area is 166 Å². The van der Waals surface area contributed by atoms with Crippen LogP contribution in [0.1, 0.15) is 25.3 Å². The quantitative estimate of drug-likeness (QED) is 0.581. The van der Waals surface area contributed by atoms with Crippen LogP contribution in [0.2, 0.25) is 0 Å². The molecule has 0 aliphatic carbocycles. The first-order chi connectivity index (χ1) is 13.6. The number of nitrogens with one attached hydrogen (secondary N) is 2. The van der Waals surface area contributed by atoms with E-state index in [-0.39, 0.29) is 21.1 Å². The van der Waals surface area contributed by atoms with Gasteiger partial charge < -0.3 is 0 Å². The number of hydrogen-bond donors (Lipinski definition) is 2. The van der Waals surface area contributed by atoms with Gasteiger partial charge in [-0.05, 0) is 50.4 Å². The molecule has 1 heterocycles. The van der Waals surface area contributed by atoms with Crippen molar-refractivity contribution >= 4 is 31.1 Å². The van der Waals surface area contributed by atoms with Crippen LogP contribution in [-0.2, 0) is 20.0 Å². The van der Waals surface area contributed by atoms with E-state index in [0.717, 1.165) is 24.3 Å². The van der Waals surface area contributed by atoms with Gasteiger partial charge in [-0.15, -0.1) is 0 Å². The third-order valence-corrected chi connectivity index (χ3v) is 7.24. The summed E-state index contributed by atoms with van der Waals surface area (Å²) in [5.41, 5.74) is 0.501. The van der Waals surface area contributed by atoms with Crippen LogP contribution >= 0.6 is 0 Å². The second-order valence-corrected chi connectivity index (χ2v) is 9.73. The van der Waals surface area contributed by atoms with Crippen molar-refractivity contribution in [1.82, 2.24) is 19.0 Å². The Balaban J connectivity index is 1.93. The van der Waals surface area contributed by atoms with Crippen LogP contribution in [0.4, 0.5) is 8.78 Å². The van der Waals surface area contributed by atoms with E-state index in [1.165, 1.54) is 20.0 Å².